The Morgan fingerprint density at radius 3 is 2.68 bits per heavy atom. The number of hydrogen-bond acceptors (Lipinski definition) is 7. The highest BCUT2D eigenvalue weighted by molar-refractivity contribution is 5.92. The molecule has 0 unspecified atom stereocenters. The topological polar surface area (TPSA) is 90.4 Å². The third kappa shape index (κ3) is 4.18. The number of fused-ring (bicyclic) bond motifs is 1. The average molecular weight is 466 g/mol. The average Bonchev–Trinajstić information content (AvgIpc) is 3.63. The fourth-order valence-electron chi connectivity index (χ4n) is 4.37. The van der Waals surface area contributed by atoms with Crippen LogP contribution in [0.15, 0.2) is 42.5 Å². The van der Waals surface area contributed by atoms with E-state index in [1.54, 1.807) is 29.2 Å². The van der Waals surface area contributed by atoms with Crippen LogP contribution in [-0.4, -0.2) is 61.4 Å². The molecule has 3 heterocycles. The predicted molar refractivity (Wildman–Crippen MR) is 123 cm³/mol. The lowest BCUT2D eigenvalue weighted by molar-refractivity contribution is -0.157. The van der Waals surface area contributed by atoms with E-state index in [9.17, 15) is 9.59 Å². The Kier molecular flexibility index (Phi) is 6.07. The van der Waals surface area contributed by atoms with Crippen molar-refractivity contribution in [2.24, 2.45) is 0 Å². The highest BCUT2D eigenvalue weighted by atomic mass is 16.7. The summed E-state index contributed by atoms with van der Waals surface area (Å²) >= 11 is 0. The zero-order valence-electron chi connectivity index (χ0n) is 19.2. The highest BCUT2D eigenvalue weighted by Crippen LogP contribution is 2.43. The van der Waals surface area contributed by atoms with Gasteiger partial charge >= 0.3 is 6.09 Å². The van der Waals surface area contributed by atoms with Crippen molar-refractivity contribution in [1.29, 1.82) is 0 Å². The number of ether oxygens (including phenoxy) is 4. The largest absolute Gasteiger partial charge is 0.421 e. The monoisotopic (exact) mass is 465 g/mol. The smallest absolute Gasteiger partial charge is 0.410 e. The number of pyridine rings is 1. The first-order valence-corrected chi connectivity index (χ1v) is 11.3. The minimum Gasteiger partial charge on any atom is -0.410 e. The summed E-state index contributed by atoms with van der Waals surface area (Å²) in [7, 11) is 3.05. The number of morpholine rings is 1. The number of rotatable bonds is 6. The van der Waals surface area contributed by atoms with Gasteiger partial charge in [0, 0.05) is 39.4 Å². The molecule has 1 saturated heterocycles. The van der Waals surface area contributed by atoms with Gasteiger partial charge in [0.15, 0.2) is 0 Å². The van der Waals surface area contributed by atoms with Gasteiger partial charge in [0.1, 0.15) is 22.9 Å². The summed E-state index contributed by atoms with van der Waals surface area (Å²) in [6, 6.07) is 10.8. The highest BCUT2D eigenvalue weighted by Gasteiger charge is 2.55. The number of aromatic nitrogens is 1. The molecule has 2 fully saturated rings. The molecule has 0 N–H and O–H groups in total. The molecule has 0 radical (unpaired) electrons. The number of nitrogens with zero attached hydrogens (tertiary/aromatic N) is 3. The lowest BCUT2D eigenvalue weighted by Crippen LogP contribution is -2.48. The van der Waals surface area contributed by atoms with Crippen molar-refractivity contribution in [3.05, 3.63) is 59.3 Å². The van der Waals surface area contributed by atoms with Crippen molar-refractivity contribution in [2.75, 3.05) is 38.8 Å². The summed E-state index contributed by atoms with van der Waals surface area (Å²) < 4.78 is 22.3. The Morgan fingerprint density at radius 1 is 1.21 bits per heavy atom. The third-order valence-electron chi connectivity index (χ3n) is 6.29. The molecule has 1 spiro atoms. The van der Waals surface area contributed by atoms with Crippen molar-refractivity contribution in [3.63, 3.8) is 0 Å². The minimum atomic E-state index is -0.760. The number of benzene rings is 1. The van der Waals surface area contributed by atoms with Crippen LogP contribution in [0.5, 0.6) is 5.75 Å². The second-order valence-electron chi connectivity index (χ2n) is 8.51. The molecule has 1 aromatic carbocycles. The maximum absolute atomic E-state index is 13.0. The second-order valence-corrected chi connectivity index (χ2v) is 8.51. The Bertz CT molecular complexity index is 1110. The molecule has 178 valence electrons. The number of methoxy groups -OCH3 is 2. The maximum atomic E-state index is 13.0. The molecule has 5 rings (SSSR count). The third-order valence-corrected chi connectivity index (χ3v) is 6.29. The first-order valence-electron chi connectivity index (χ1n) is 11.3. The standard InChI is InChI=1S/C25H27N3O6/c1-31-22(32-2)20-18(16-27-13-14-33-25(10-11-25)23(27)29)15-17-7-6-12-28(21(17)26-20)24(30)34-19-8-4-3-5-9-19/h3-9,15,22H,10-14,16H2,1-2H3. The zero-order valence-corrected chi connectivity index (χ0v) is 19.2. The lowest BCUT2D eigenvalue weighted by atomic mass is 10.0. The van der Waals surface area contributed by atoms with Crippen LogP contribution in [-0.2, 0) is 25.5 Å². The normalized spacial score (nSPS) is 18.4. The Balaban J connectivity index is 1.47. The number of anilines is 1. The minimum absolute atomic E-state index is 0.0115. The Labute approximate surface area is 197 Å². The number of amides is 2. The van der Waals surface area contributed by atoms with E-state index < -0.39 is 18.0 Å². The summed E-state index contributed by atoms with van der Waals surface area (Å²) in [5.41, 5.74) is 1.42. The van der Waals surface area contributed by atoms with Gasteiger partial charge in [0.2, 0.25) is 6.29 Å². The van der Waals surface area contributed by atoms with Crippen LogP contribution < -0.4 is 9.64 Å². The molecular formula is C25H27N3O6. The van der Waals surface area contributed by atoms with Gasteiger partial charge in [-0.2, -0.15) is 0 Å². The molecule has 9 nitrogen and oxygen atoms in total. The van der Waals surface area contributed by atoms with E-state index in [2.05, 4.69) is 0 Å². The first-order chi connectivity index (χ1) is 16.5. The van der Waals surface area contributed by atoms with Crippen molar-refractivity contribution in [2.45, 2.75) is 31.3 Å². The van der Waals surface area contributed by atoms with Crippen molar-refractivity contribution >= 4 is 23.9 Å². The summed E-state index contributed by atoms with van der Waals surface area (Å²) in [5, 5.41) is 0. The number of hydrogen-bond donors (Lipinski definition) is 0. The summed E-state index contributed by atoms with van der Waals surface area (Å²) in [6.45, 7) is 1.69. The summed E-state index contributed by atoms with van der Waals surface area (Å²) in [5.74, 6) is 0.914. The van der Waals surface area contributed by atoms with Gasteiger partial charge < -0.3 is 23.8 Å². The Hall–Kier alpha value is -3.27. The van der Waals surface area contributed by atoms with Crippen molar-refractivity contribution < 1.29 is 28.5 Å². The molecule has 1 aromatic heterocycles. The van der Waals surface area contributed by atoms with Gasteiger partial charge in [-0.1, -0.05) is 30.4 Å². The van der Waals surface area contributed by atoms with E-state index in [1.165, 1.54) is 19.1 Å². The quantitative estimate of drug-likeness (QED) is 0.605. The van der Waals surface area contributed by atoms with Crippen LogP contribution in [0.2, 0.25) is 0 Å². The molecule has 34 heavy (non-hydrogen) atoms. The first kappa shape index (κ1) is 22.5. The van der Waals surface area contributed by atoms with E-state index in [1.807, 2.05) is 24.3 Å². The van der Waals surface area contributed by atoms with Crippen LogP contribution in [0.4, 0.5) is 10.6 Å². The van der Waals surface area contributed by atoms with Gasteiger partial charge in [0.05, 0.1) is 6.61 Å². The maximum Gasteiger partial charge on any atom is 0.421 e. The van der Waals surface area contributed by atoms with Gasteiger partial charge in [0.25, 0.3) is 5.91 Å². The summed E-state index contributed by atoms with van der Waals surface area (Å²) in [6.07, 6.45) is 4.02. The number of carbonyl (C=O) groups excluding carboxylic acids is 2. The molecule has 1 aliphatic carbocycles. The molecule has 1 saturated carbocycles. The SMILES string of the molecule is COC(OC)c1nc2c(cc1CN1CCOC3(CC3)C1=O)C=CCN2C(=O)Oc1ccccc1. The molecule has 9 heteroatoms. The Morgan fingerprint density at radius 2 is 1.97 bits per heavy atom. The van der Waals surface area contributed by atoms with E-state index in [0.717, 1.165) is 24.0 Å². The summed E-state index contributed by atoms with van der Waals surface area (Å²) in [4.78, 5) is 34.0. The van der Waals surface area contributed by atoms with Crippen LogP contribution in [0.3, 0.4) is 0 Å². The van der Waals surface area contributed by atoms with Gasteiger partial charge in [-0.15, -0.1) is 0 Å². The molecule has 0 bridgehead atoms. The zero-order chi connectivity index (χ0) is 23.7. The molecule has 3 aliphatic rings. The van der Waals surface area contributed by atoms with Crippen LogP contribution >= 0.6 is 0 Å². The van der Waals surface area contributed by atoms with Crippen molar-refractivity contribution in [3.8, 4) is 5.75 Å². The van der Waals surface area contributed by atoms with Gasteiger partial charge in [-0.25, -0.2) is 9.78 Å². The van der Waals surface area contributed by atoms with E-state index in [4.69, 9.17) is 23.9 Å². The van der Waals surface area contributed by atoms with E-state index in [0.29, 0.717) is 43.5 Å². The van der Waals surface area contributed by atoms with Gasteiger partial charge in [-0.3, -0.25) is 9.69 Å². The predicted octanol–water partition coefficient (Wildman–Crippen LogP) is 3.30. The second kappa shape index (κ2) is 9.17. The molecule has 2 amide bonds. The molecule has 2 aromatic rings. The van der Waals surface area contributed by atoms with Crippen LogP contribution in [0.1, 0.15) is 36.0 Å². The van der Waals surface area contributed by atoms with E-state index >= 15 is 0 Å². The number of carbonyl (C=O) groups is 2. The molecule has 0 atom stereocenters. The van der Waals surface area contributed by atoms with E-state index in [-0.39, 0.29) is 5.91 Å². The molecular weight excluding hydrogens is 438 g/mol. The fourth-order valence-corrected chi connectivity index (χ4v) is 4.37. The lowest BCUT2D eigenvalue weighted by Gasteiger charge is -2.34. The van der Waals surface area contributed by atoms with Crippen molar-refractivity contribution in [1.82, 2.24) is 9.88 Å². The fraction of sp³-hybridized carbons (Fsp3) is 0.400. The van der Waals surface area contributed by atoms with Crippen LogP contribution in [0.25, 0.3) is 6.08 Å². The molecule has 2 aliphatic heterocycles. The van der Waals surface area contributed by atoms with Gasteiger partial charge in [-0.05, 0) is 36.6 Å². The van der Waals surface area contributed by atoms with Crippen LogP contribution in [0, 0.1) is 0 Å². The number of para-hydroxylation sites is 1.